The van der Waals surface area contributed by atoms with Gasteiger partial charge >= 0.3 is 6.03 Å². The summed E-state index contributed by atoms with van der Waals surface area (Å²) in [6.07, 6.45) is 1.82. The van der Waals surface area contributed by atoms with Gasteiger partial charge in [-0.15, -0.1) is 11.8 Å². The van der Waals surface area contributed by atoms with E-state index < -0.39 is 27.7 Å². The standard InChI is InChI=1S/C21H15ClF2N2O3S2/c1-30-15-5-2-4-14(11-15)26-21(27)25(12-16-17(22)6-3-7-18(16)24)19-10-13(23)8-9-20(19)31(26,28)29/h2-11H,12H2,1H3. The topological polar surface area (TPSA) is 57.7 Å². The van der Waals surface area contributed by atoms with Crippen molar-refractivity contribution in [1.82, 2.24) is 0 Å². The second kappa shape index (κ2) is 8.14. The summed E-state index contributed by atoms with van der Waals surface area (Å²) in [6, 6.07) is 12.6. The molecule has 2 amide bonds. The normalized spacial score (nSPS) is 15.2. The molecule has 0 saturated heterocycles. The fourth-order valence-corrected chi connectivity index (χ4v) is 5.56. The highest BCUT2D eigenvalue weighted by atomic mass is 35.5. The average molecular weight is 481 g/mol. The number of hydrogen-bond acceptors (Lipinski definition) is 4. The molecule has 0 aliphatic carbocycles. The summed E-state index contributed by atoms with van der Waals surface area (Å²) in [5.41, 5.74) is -0.0668. The predicted octanol–water partition coefficient (Wildman–Crippen LogP) is 5.68. The summed E-state index contributed by atoms with van der Waals surface area (Å²) in [5, 5.41) is 0.0649. The molecule has 0 fully saturated rings. The van der Waals surface area contributed by atoms with E-state index in [1.807, 2.05) is 6.26 Å². The number of urea groups is 1. The number of carbonyl (C=O) groups is 1. The van der Waals surface area contributed by atoms with Crippen molar-refractivity contribution in [3.05, 3.63) is 82.9 Å². The molecule has 0 saturated carbocycles. The molecule has 3 aromatic carbocycles. The Bertz CT molecular complexity index is 1280. The number of carbonyl (C=O) groups excluding carboxylic acids is 1. The first-order valence-electron chi connectivity index (χ1n) is 8.97. The van der Waals surface area contributed by atoms with Crippen LogP contribution in [0.2, 0.25) is 5.02 Å². The zero-order chi connectivity index (χ0) is 22.3. The van der Waals surface area contributed by atoms with E-state index in [4.69, 9.17) is 11.6 Å². The third-order valence-corrected chi connectivity index (χ3v) is 7.63. The zero-order valence-electron chi connectivity index (χ0n) is 16.1. The Morgan fingerprint density at radius 3 is 2.48 bits per heavy atom. The molecule has 0 radical (unpaired) electrons. The number of anilines is 2. The molecule has 160 valence electrons. The Morgan fingerprint density at radius 2 is 1.77 bits per heavy atom. The van der Waals surface area contributed by atoms with Crippen LogP contribution in [-0.2, 0) is 16.6 Å². The summed E-state index contributed by atoms with van der Waals surface area (Å²) >= 11 is 7.50. The molecule has 0 unspecified atom stereocenters. The van der Waals surface area contributed by atoms with Gasteiger partial charge < -0.3 is 0 Å². The molecule has 0 aromatic heterocycles. The van der Waals surface area contributed by atoms with Crippen LogP contribution in [0.5, 0.6) is 0 Å². The highest BCUT2D eigenvalue weighted by molar-refractivity contribution is 7.98. The molecular formula is C21H15ClF2N2O3S2. The molecule has 0 atom stereocenters. The van der Waals surface area contributed by atoms with Crippen LogP contribution in [0.3, 0.4) is 0 Å². The lowest BCUT2D eigenvalue weighted by Crippen LogP contribution is -2.50. The SMILES string of the molecule is CSc1cccc(N2C(=O)N(Cc3c(F)cccc3Cl)c3cc(F)ccc3S2(=O)=O)c1. The number of hydrogen-bond donors (Lipinski definition) is 0. The number of halogens is 3. The smallest absolute Gasteiger partial charge is 0.287 e. The third kappa shape index (κ3) is 3.77. The Morgan fingerprint density at radius 1 is 1.03 bits per heavy atom. The van der Waals surface area contributed by atoms with Crippen LogP contribution in [0, 0.1) is 11.6 Å². The van der Waals surface area contributed by atoms with Gasteiger partial charge in [0, 0.05) is 15.5 Å². The van der Waals surface area contributed by atoms with Crippen molar-refractivity contribution in [2.75, 3.05) is 15.5 Å². The number of amides is 2. The second-order valence-electron chi connectivity index (χ2n) is 6.65. The Balaban J connectivity index is 1.92. The van der Waals surface area contributed by atoms with Crippen LogP contribution in [0.15, 0.2) is 70.5 Å². The minimum Gasteiger partial charge on any atom is -0.287 e. The lowest BCUT2D eigenvalue weighted by molar-refractivity contribution is 0.253. The number of fused-ring (bicyclic) bond motifs is 1. The summed E-state index contributed by atoms with van der Waals surface area (Å²) < 4.78 is 55.7. The van der Waals surface area contributed by atoms with E-state index in [0.29, 0.717) is 4.31 Å². The summed E-state index contributed by atoms with van der Waals surface area (Å²) in [5.74, 6) is -1.40. The van der Waals surface area contributed by atoms with Gasteiger partial charge in [-0.3, -0.25) is 4.90 Å². The van der Waals surface area contributed by atoms with Crippen molar-refractivity contribution in [3.63, 3.8) is 0 Å². The minimum absolute atomic E-state index is 0.00941. The van der Waals surface area contributed by atoms with E-state index in [2.05, 4.69) is 0 Å². The summed E-state index contributed by atoms with van der Waals surface area (Å²) in [6.45, 7) is -0.380. The maximum atomic E-state index is 14.4. The van der Waals surface area contributed by atoms with Gasteiger partial charge in [0.2, 0.25) is 0 Å². The van der Waals surface area contributed by atoms with E-state index in [1.54, 1.807) is 18.2 Å². The van der Waals surface area contributed by atoms with E-state index in [0.717, 1.165) is 28.0 Å². The molecule has 1 aliphatic heterocycles. The van der Waals surface area contributed by atoms with Crippen LogP contribution in [0.1, 0.15) is 5.56 Å². The van der Waals surface area contributed by atoms with Crippen LogP contribution in [-0.4, -0.2) is 20.7 Å². The van der Waals surface area contributed by atoms with Gasteiger partial charge in [-0.2, -0.15) is 4.31 Å². The third-order valence-electron chi connectivity index (χ3n) is 4.80. The van der Waals surface area contributed by atoms with Gasteiger partial charge in [0.1, 0.15) is 16.5 Å². The molecule has 0 N–H and O–H groups in total. The Kier molecular flexibility index (Phi) is 5.67. The van der Waals surface area contributed by atoms with Crippen LogP contribution in [0.25, 0.3) is 0 Å². The molecular weight excluding hydrogens is 466 g/mol. The zero-order valence-corrected chi connectivity index (χ0v) is 18.4. The van der Waals surface area contributed by atoms with Gasteiger partial charge in [0.05, 0.1) is 17.9 Å². The van der Waals surface area contributed by atoms with E-state index >= 15 is 0 Å². The van der Waals surface area contributed by atoms with E-state index in [1.165, 1.54) is 36.0 Å². The van der Waals surface area contributed by atoms with Crippen molar-refractivity contribution >= 4 is 50.8 Å². The van der Waals surface area contributed by atoms with E-state index in [9.17, 15) is 22.0 Å². The number of nitrogens with zero attached hydrogens (tertiary/aromatic N) is 2. The average Bonchev–Trinajstić information content (AvgIpc) is 2.72. The van der Waals surface area contributed by atoms with Gasteiger partial charge in [0.25, 0.3) is 10.0 Å². The monoisotopic (exact) mass is 480 g/mol. The lowest BCUT2D eigenvalue weighted by Gasteiger charge is -2.36. The number of rotatable bonds is 4. The maximum Gasteiger partial charge on any atom is 0.343 e. The highest BCUT2D eigenvalue weighted by Gasteiger charge is 2.43. The van der Waals surface area contributed by atoms with Crippen LogP contribution >= 0.6 is 23.4 Å². The Labute approximate surface area is 187 Å². The van der Waals surface area contributed by atoms with Crippen molar-refractivity contribution in [3.8, 4) is 0 Å². The van der Waals surface area contributed by atoms with Crippen molar-refractivity contribution in [1.29, 1.82) is 0 Å². The lowest BCUT2D eigenvalue weighted by atomic mass is 10.1. The highest BCUT2D eigenvalue weighted by Crippen LogP contribution is 2.39. The van der Waals surface area contributed by atoms with Crippen molar-refractivity contribution < 1.29 is 22.0 Å². The first-order valence-corrected chi connectivity index (χ1v) is 12.0. The van der Waals surface area contributed by atoms with Crippen molar-refractivity contribution in [2.24, 2.45) is 0 Å². The first kappa shape index (κ1) is 21.6. The maximum absolute atomic E-state index is 14.4. The molecule has 0 spiro atoms. The van der Waals surface area contributed by atoms with Gasteiger partial charge in [0.15, 0.2) is 0 Å². The summed E-state index contributed by atoms with van der Waals surface area (Å²) in [7, 11) is -4.33. The molecule has 3 aromatic rings. The molecule has 10 heteroatoms. The van der Waals surface area contributed by atoms with E-state index in [-0.39, 0.29) is 33.4 Å². The fourth-order valence-electron chi connectivity index (χ4n) is 3.31. The predicted molar refractivity (Wildman–Crippen MR) is 117 cm³/mol. The van der Waals surface area contributed by atoms with Crippen LogP contribution < -0.4 is 9.21 Å². The summed E-state index contributed by atoms with van der Waals surface area (Å²) in [4.78, 5) is 14.9. The van der Waals surface area contributed by atoms with Gasteiger partial charge in [-0.25, -0.2) is 22.0 Å². The molecule has 0 bridgehead atoms. The van der Waals surface area contributed by atoms with Gasteiger partial charge in [-0.05, 0) is 54.8 Å². The molecule has 5 nitrogen and oxygen atoms in total. The van der Waals surface area contributed by atoms with Gasteiger partial charge in [-0.1, -0.05) is 23.7 Å². The number of benzene rings is 3. The Hall–Kier alpha value is -2.62. The largest absolute Gasteiger partial charge is 0.343 e. The number of sulfonamides is 1. The van der Waals surface area contributed by atoms with Crippen LogP contribution in [0.4, 0.5) is 25.0 Å². The number of thioether (sulfide) groups is 1. The minimum atomic E-state index is -4.33. The molecule has 1 heterocycles. The first-order chi connectivity index (χ1) is 14.7. The quantitative estimate of drug-likeness (QED) is 0.451. The molecule has 1 aliphatic rings. The fraction of sp³-hybridized carbons (Fsp3) is 0.0952. The second-order valence-corrected chi connectivity index (χ2v) is 9.69. The molecule has 4 rings (SSSR count). The van der Waals surface area contributed by atoms with Crippen molar-refractivity contribution in [2.45, 2.75) is 16.3 Å². The molecule has 31 heavy (non-hydrogen) atoms.